The summed E-state index contributed by atoms with van der Waals surface area (Å²) >= 11 is 7.48. The van der Waals surface area contributed by atoms with E-state index < -0.39 is 5.60 Å². The Balaban J connectivity index is 1.44. The molecule has 0 radical (unpaired) electrons. The summed E-state index contributed by atoms with van der Waals surface area (Å²) in [6, 6.07) is 5.09. The lowest BCUT2D eigenvalue weighted by molar-refractivity contribution is -0.122. The number of hydrogen-bond acceptors (Lipinski definition) is 5. The van der Waals surface area contributed by atoms with Gasteiger partial charge in [0.1, 0.15) is 11.4 Å². The molecule has 2 aliphatic rings. The maximum Gasteiger partial charge on any atom is 0.255 e. The molecule has 2 amide bonds. The molecule has 0 bridgehead atoms. The largest absolute Gasteiger partial charge is 0.485 e. The second-order valence-corrected chi connectivity index (χ2v) is 8.82. The van der Waals surface area contributed by atoms with E-state index in [1.54, 1.807) is 24.4 Å². The number of carbonyl (C=O) groups excluding carboxylic acids is 2. The number of aromatic nitrogens is 1. The van der Waals surface area contributed by atoms with E-state index >= 15 is 0 Å². The Labute approximate surface area is 166 Å². The Morgan fingerprint density at radius 3 is 2.89 bits per heavy atom. The summed E-state index contributed by atoms with van der Waals surface area (Å²) < 4.78 is 6.28. The number of ether oxygens (including phenoxy) is 1. The van der Waals surface area contributed by atoms with Gasteiger partial charge >= 0.3 is 0 Å². The summed E-state index contributed by atoms with van der Waals surface area (Å²) in [6.45, 7) is 2.39. The van der Waals surface area contributed by atoms with Crippen molar-refractivity contribution in [3.8, 4) is 5.75 Å². The third-order valence-electron chi connectivity index (χ3n) is 5.20. The van der Waals surface area contributed by atoms with Gasteiger partial charge in [-0.25, -0.2) is 4.98 Å². The van der Waals surface area contributed by atoms with Crippen LogP contribution in [-0.2, 0) is 4.79 Å². The highest BCUT2D eigenvalue weighted by Gasteiger charge is 2.42. The van der Waals surface area contributed by atoms with Crippen LogP contribution in [0.3, 0.4) is 0 Å². The first-order valence-electron chi connectivity index (χ1n) is 8.94. The molecule has 1 spiro atoms. The van der Waals surface area contributed by atoms with E-state index in [9.17, 15) is 9.59 Å². The average Bonchev–Trinajstić information content (AvgIpc) is 3.01. The lowest BCUT2D eigenvalue weighted by Gasteiger charge is -2.39. The van der Waals surface area contributed by atoms with Crippen LogP contribution in [0.5, 0.6) is 5.75 Å². The first kappa shape index (κ1) is 18.3. The Morgan fingerprint density at radius 1 is 1.41 bits per heavy atom. The highest BCUT2D eigenvalue weighted by Crippen LogP contribution is 2.39. The van der Waals surface area contributed by atoms with Gasteiger partial charge in [0, 0.05) is 22.0 Å². The molecule has 142 valence electrons. The summed E-state index contributed by atoms with van der Waals surface area (Å²) in [5.74, 6) is 0.301. The van der Waals surface area contributed by atoms with E-state index in [1.165, 1.54) is 11.3 Å². The van der Waals surface area contributed by atoms with Gasteiger partial charge in [0.05, 0.1) is 12.1 Å². The van der Waals surface area contributed by atoms with E-state index in [0.717, 1.165) is 4.88 Å². The number of hydrogen-bond donors (Lipinski definition) is 2. The Kier molecular flexibility index (Phi) is 4.82. The monoisotopic (exact) mass is 405 g/mol. The SMILES string of the molecule is Cc1cnc(NC(=O)C2CCC3(CC2)CNC(=O)c2cc(Cl)ccc2O3)s1. The Bertz CT molecular complexity index is 890. The van der Waals surface area contributed by atoms with Crippen molar-refractivity contribution < 1.29 is 14.3 Å². The number of nitrogens with zero attached hydrogens (tertiary/aromatic N) is 1. The summed E-state index contributed by atoms with van der Waals surface area (Å²) in [5, 5.41) is 6.99. The maximum absolute atomic E-state index is 12.5. The number of benzene rings is 1. The quantitative estimate of drug-likeness (QED) is 0.796. The van der Waals surface area contributed by atoms with Gasteiger partial charge in [0.15, 0.2) is 5.13 Å². The molecule has 8 heteroatoms. The van der Waals surface area contributed by atoms with Gasteiger partial charge in [-0.2, -0.15) is 0 Å². The fourth-order valence-electron chi connectivity index (χ4n) is 3.68. The van der Waals surface area contributed by atoms with Crippen molar-refractivity contribution in [1.29, 1.82) is 0 Å². The molecule has 0 unspecified atom stereocenters. The van der Waals surface area contributed by atoms with Gasteiger partial charge in [-0.05, 0) is 50.8 Å². The minimum atomic E-state index is -0.483. The van der Waals surface area contributed by atoms with E-state index in [0.29, 0.717) is 53.7 Å². The van der Waals surface area contributed by atoms with Crippen molar-refractivity contribution in [3.63, 3.8) is 0 Å². The maximum atomic E-state index is 12.5. The first-order chi connectivity index (χ1) is 12.9. The summed E-state index contributed by atoms with van der Waals surface area (Å²) in [5.41, 5.74) is -0.0260. The number of nitrogens with one attached hydrogen (secondary N) is 2. The van der Waals surface area contributed by atoms with Crippen LogP contribution in [0.4, 0.5) is 5.13 Å². The van der Waals surface area contributed by atoms with E-state index in [4.69, 9.17) is 16.3 Å². The van der Waals surface area contributed by atoms with Crippen LogP contribution in [0.25, 0.3) is 0 Å². The molecule has 1 aromatic carbocycles. The topological polar surface area (TPSA) is 80.3 Å². The lowest BCUT2D eigenvalue weighted by atomic mass is 9.78. The second-order valence-electron chi connectivity index (χ2n) is 7.15. The molecule has 0 atom stereocenters. The molecule has 1 aliphatic heterocycles. The third kappa shape index (κ3) is 3.80. The average molecular weight is 406 g/mol. The summed E-state index contributed by atoms with van der Waals surface area (Å²) in [6.07, 6.45) is 4.56. The second kappa shape index (κ2) is 7.13. The molecule has 1 saturated carbocycles. The van der Waals surface area contributed by atoms with Crippen LogP contribution >= 0.6 is 22.9 Å². The fourth-order valence-corrected chi connectivity index (χ4v) is 4.52. The van der Waals surface area contributed by atoms with Crippen LogP contribution in [0.1, 0.15) is 40.9 Å². The molecule has 2 N–H and O–H groups in total. The summed E-state index contributed by atoms with van der Waals surface area (Å²) in [7, 11) is 0. The number of anilines is 1. The number of thiazole rings is 1. The van der Waals surface area contributed by atoms with Crippen LogP contribution < -0.4 is 15.4 Å². The van der Waals surface area contributed by atoms with Crippen LogP contribution in [0.15, 0.2) is 24.4 Å². The first-order valence-corrected chi connectivity index (χ1v) is 10.1. The van der Waals surface area contributed by atoms with Crippen molar-refractivity contribution in [2.45, 2.75) is 38.2 Å². The van der Waals surface area contributed by atoms with Crippen LogP contribution in [0.2, 0.25) is 5.02 Å². The van der Waals surface area contributed by atoms with Gasteiger partial charge in [-0.15, -0.1) is 11.3 Å². The van der Waals surface area contributed by atoms with Crippen molar-refractivity contribution in [2.24, 2.45) is 5.92 Å². The number of carbonyl (C=O) groups is 2. The molecule has 4 rings (SSSR count). The zero-order chi connectivity index (χ0) is 19.0. The highest BCUT2D eigenvalue weighted by molar-refractivity contribution is 7.15. The van der Waals surface area contributed by atoms with Gasteiger partial charge in [-0.1, -0.05) is 11.6 Å². The minimum absolute atomic E-state index is 0.00374. The van der Waals surface area contributed by atoms with E-state index in [2.05, 4.69) is 15.6 Å². The molecular weight excluding hydrogens is 386 g/mol. The highest BCUT2D eigenvalue weighted by atomic mass is 35.5. The molecule has 2 aromatic rings. The normalized spacial score (nSPS) is 24.5. The number of fused-ring (bicyclic) bond motifs is 1. The van der Waals surface area contributed by atoms with Gasteiger partial charge in [0.25, 0.3) is 5.91 Å². The van der Waals surface area contributed by atoms with Crippen molar-refractivity contribution in [2.75, 3.05) is 11.9 Å². The molecule has 0 saturated heterocycles. The zero-order valence-corrected chi connectivity index (χ0v) is 16.5. The molecular formula is C19H20ClN3O3S. The Hall–Kier alpha value is -2.12. The van der Waals surface area contributed by atoms with Gasteiger partial charge in [-0.3, -0.25) is 9.59 Å². The number of aryl methyl sites for hydroxylation is 1. The Morgan fingerprint density at radius 2 is 2.19 bits per heavy atom. The fraction of sp³-hybridized carbons (Fsp3) is 0.421. The molecule has 1 aliphatic carbocycles. The predicted molar refractivity (Wildman–Crippen MR) is 105 cm³/mol. The van der Waals surface area contributed by atoms with Crippen LogP contribution in [0, 0.1) is 12.8 Å². The lowest BCUT2D eigenvalue weighted by Crippen LogP contribution is -2.48. The van der Waals surface area contributed by atoms with E-state index in [-0.39, 0.29) is 17.7 Å². The van der Waals surface area contributed by atoms with Crippen molar-refractivity contribution in [3.05, 3.63) is 39.9 Å². The third-order valence-corrected chi connectivity index (χ3v) is 6.27. The van der Waals surface area contributed by atoms with Crippen molar-refractivity contribution >= 4 is 39.9 Å². The standard InChI is InChI=1S/C19H20ClN3O3S/c1-11-9-21-18(27-11)23-16(24)12-4-6-19(7-5-12)10-22-17(25)14-8-13(20)2-3-15(14)26-19/h2-3,8-9,12H,4-7,10H2,1H3,(H,22,25)(H,21,23,24). The van der Waals surface area contributed by atoms with Crippen molar-refractivity contribution in [1.82, 2.24) is 10.3 Å². The predicted octanol–water partition coefficient (Wildman–Crippen LogP) is 3.79. The van der Waals surface area contributed by atoms with E-state index in [1.807, 2.05) is 6.92 Å². The smallest absolute Gasteiger partial charge is 0.255 e. The molecule has 6 nitrogen and oxygen atoms in total. The molecule has 27 heavy (non-hydrogen) atoms. The van der Waals surface area contributed by atoms with Crippen LogP contribution in [-0.4, -0.2) is 28.9 Å². The van der Waals surface area contributed by atoms with Gasteiger partial charge < -0.3 is 15.4 Å². The number of rotatable bonds is 2. The van der Waals surface area contributed by atoms with Gasteiger partial charge in [0.2, 0.25) is 5.91 Å². The number of amides is 2. The number of halogens is 1. The summed E-state index contributed by atoms with van der Waals surface area (Å²) in [4.78, 5) is 30.1. The molecule has 1 fully saturated rings. The molecule has 1 aromatic heterocycles. The minimum Gasteiger partial charge on any atom is -0.485 e. The molecule has 2 heterocycles. The zero-order valence-electron chi connectivity index (χ0n) is 14.9.